The number of anilines is 1. The highest BCUT2D eigenvalue weighted by Crippen LogP contribution is 2.26. The molecule has 1 saturated heterocycles. The molecule has 2 heterocycles. The van der Waals surface area contributed by atoms with Gasteiger partial charge in [0.15, 0.2) is 5.13 Å². The molecule has 0 unspecified atom stereocenters. The summed E-state index contributed by atoms with van der Waals surface area (Å²) in [7, 11) is 0. The number of amides is 2. The van der Waals surface area contributed by atoms with Crippen molar-refractivity contribution in [3.63, 3.8) is 0 Å². The number of carbonyl (C=O) groups excluding carboxylic acids is 2. The van der Waals surface area contributed by atoms with Crippen LogP contribution in [0.15, 0.2) is 29.6 Å². The molecule has 2 N–H and O–H groups in total. The minimum Gasteiger partial charge on any atom is -0.344 e. The molecule has 1 aliphatic rings. The second kappa shape index (κ2) is 5.83. The second-order valence-corrected chi connectivity index (χ2v) is 5.99. The molecule has 0 saturated carbocycles. The van der Waals surface area contributed by atoms with E-state index in [9.17, 15) is 9.59 Å². The normalized spacial score (nSPS) is 17.6. The Labute approximate surface area is 130 Å². The van der Waals surface area contributed by atoms with E-state index in [1.807, 2.05) is 17.5 Å². The van der Waals surface area contributed by atoms with Gasteiger partial charge < -0.3 is 10.6 Å². The highest BCUT2D eigenvalue weighted by Gasteiger charge is 2.27. The fourth-order valence-electron chi connectivity index (χ4n) is 2.09. The van der Waals surface area contributed by atoms with Gasteiger partial charge in [0.1, 0.15) is 6.04 Å². The first-order valence-electron chi connectivity index (χ1n) is 6.43. The standard InChI is InChI=1S/C14H12ClN3O2S/c15-9-3-1-8(2-4-9)11-7-21-14(17-11)18-13(20)10-5-6-12(19)16-10/h1-4,7,10H,5-6H2,(H,16,19)(H,17,18,20)/t10-/m0/s1. The zero-order valence-corrected chi connectivity index (χ0v) is 12.5. The Balaban J connectivity index is 1.69. The first-order valence-corrected chi connectivity index (χ1v) is 7.69. The summed E-state index contributed by atoms with van der Waals surface area (Å²) < 4.78 is 0. The number of aromatic nitrogens is 1. The number of nitrogens with one attached hydrogen (secondary N) is 2. The summed E-state index contributed by atoms with van der Waals surface area (Å²) >= 11 is 7.20. The predicted octanol–water partition coefficient (Wildman–Crippen LogP) is 2.68. The van der Waals surface area contributed by atoms with E-state index < -0.39 is 6.04 Å². The van der Waals surface area contributed by atoms with Gasteiger partial charge in [0.05, 0.1) is 5.69 Å². The average Bonchev–Trinajstić information content (AvgIpc) is 3.09. The third kappa shape index (κ3) is 3.22. The lowest BCUT2D eigenvalue weighted by molar-refractivity contribution is -0.122. The van der Waals surface area contributed by atoms with E-state index in [0.29, 0.717) is 23.0 Å². The quantitative estimate of drug-likeness (QED) is 0.913. The van der Waals surface area contributed by atoms with Crippen LogP contribution in [-0.2, 0) is 9.59 Å². The van der Waals surface area contributed by atoms with Crippen LogP contribution in [0.25, 0.3) is 11.3 Å². The highest BCUT2D eigenvalue weighted by molar-refractivity contribution is 7.14. The fraction of sp³-hybridized carbons (Fsp3) is 0.214. The molecule has 108 valence electrons. The monoisotopic (exact) mass is 321 g/mol. The molecule has 2 amide bonds. The zero-order chi connectivity index (χ0) is 14.8. The van der Waals surface area contributed by atoms with E-state index in [1.54, 1.807) is 12.1 Å². The maximum Gasteiger partial charge on any atom is 0.248 e. The van der Waals surface area contributed by atoms with E-state index >= 15 is 0 Å². The summed E-state index contributed by atoms with van der Waals surface area (Å²) in [5, 5.41) is 8.42. The number of nitrogens with zero attached hydrogens (tertiary/aromatic N) is 1. The third-order valence-corrected chi connectivity index (χ3v) is 4.20. The average molecular weight is 322 g/mol. The molecule has 0 radical (unpaired) electrons. The predicted molar refractivity (Wildman–Crippen MR) is 82.4 cm³/mol. The topological polar surface area (TPSA) is 71.1 Å². The van der Waals surface area contributed by atoms with Crippen molar-refractivity contribution in [1.82, 2.24) is 10.3 Å². The van der Waals surface area contributed by atoms with Crippen molar-refractivity contribution in [2.24, 2.45) is 0 Å². The third-order valence-electron chi connectivity index (χ3n) is 3.19. The number of carbonyl (C=O) groups is 2. The maximum absolute atomic E-state index is 12.0. The van der Waals surface area contributed by atoms with Crippen LogP contribution in [-0.4, -0.2) is 22.8 Å². The van der Waals surface area contributed by atoms with Crippen molar-refractivity contribution in [3.8, 4) is 11.3 Å². The Morgan fingerprint density at radius 2 is 2.14 bits per heavy atom. The molecule has 1 aromatic carbocycles. The largest absolute Gasteiger partial charge is 0.344 e. The number of thiazole rings is 1. The molecule has 21 heavy (non-hydrogen) atoms. The lowest BCUT2D eigenvalue weighted by Crippen LogP contribution is -2.37. The van der Waals surface area contributed by atoms with Crippen molar-refractivity contribution >= 4 is 39.9 Å². The van der Waals surface area contributed by atoms with Crippen LogP contribution in [0.2, 0.25) is 5.02 Å². The lowest BCUT2D eigenvalue weighted by atomic mass is 10.2. The Morgan fingerprint density at radius 1 is 1.38 bits per heavy atom. The first kappa shape index (κ1) is 14.0. The van der Waals surface area contributed by atoms with Crippen molar-refractivity contribution in [2.45, 2.75) is 18.9 Å². The number of hydrogen-bond acceptors (Lipinski definition) is 4. The molecule has 1 fully saturated rings. The molecule has 7 heteroatoms. The molecule has 1 atom stereocenters. The summed E-state index contributed by atoms with van der Waals surface area (Å²) in [4.78, 5) is 27.5. The zero-order valence-electron chi connectivity index (χ0n) is 10.9. The molecule has 0 spiro atoms. The summed E-state index contributed by atoms with van der Waals surface area (Å²) in [6.45, 7) is 0. The molecular weight excluding hydrogens is 310 g/mol. The molecule has 5 nitrogen and oxygen atoms in total. The van der Waals surface area contributed by atoms with E-state index in [-0.39, 0.29) is 11.8 Å². The number of hydrogen-bond donors (Lipinski definition) is 2. The molecule has 0 aliphatic carbocycles. The molecule has 2 aromatic rings. The minimum absolute atomic E-state index is 0.0869. The van der Waals surface area contributed by atoms with Crippen LogP contribution in [0.5, 0.6) is 0 Å². The number of rotatable bonds is 3. The summed E-state index contributed by atoms with van der Waals surface area (Å²) in [5.41, 5.74) is 1.72. The first-order chi connectivity index (χ1) is 10.1. The van der Waals surface area contributed by atoms with Gasteiger partial charge in [-0.1, -0.05) is 23.7 Å². The Morgan fingerprint density at radius 3 is 2.81 bits per heavy atom. The highest BCUT2D eigenvalue weighted by atomic mass is 35.5. The molecule has 0 bridgehead atoms. The molecule has 1 aliphatic heterocycles. The Hall–Kier alpha value is -1.92. The summed E-state index contributed by atoms with van der Waals surface area (Å²) in [5.74, 6) is -0.311. The Kier molecular flexibility index (Phi) is 3.90. The van der Waals surface area contributed by atoms with Crippen molar-refractivity contribution in [2.75, 3.05) is 5.32 Å². The molecule has 1 aromatic heterocycles. The van der Waals surface area contributed by atoms with E-state index in [0.717, 1.165) is 11.3 Å². The SMILES string of the molecule is O=C1CC[C@@H](C(=O)Nc2nc(-c3ccc(Cl)cc3)cs2)N1. The lowest BCUT2D eigenvalue weighted by Gasteiger charge is -2.08. The van der Waals surface area contributed by atoms with Crippen LogP contribution >= 0.6 is 22.9 Å². The Bertz CT molecular complexity index is 684. The van der Waals surface area contributed by atoms with E-state index in [4.69, 9.17) is 11.6 Å². The van der Waals surface area contributed by atoms with Gasteiger partial charge in [0.25, 0.3) is 0 Å². The second-order valence-electron chi connectivity index (χ2n) is 4.69. The minimum atomic E-state index is -0.458. The molecule has 3 rings (SSSR count). The molecular formula is C14H12ClN3O2S. The summed E-state index contributed by atoms with van der Waals surface area (Å²) in [6.07, 6.45) is 0.923. The van der Waals surface area contributed by atoms with E-state index in [1.165, 1.54) is 11.3 Å². The smallest absolute Gasteiger partial charge is 0.248 e. The van der Waals surface area contributed by atoms with Crippen LogP contribution in [0.4, 0.5) is 5.13 Å². The van der Waals surface area contributed by atoms with Crippen molar-refractivity contribution < 1.29 is 9.59 Å². The van der Waals surface area contributed by atoms with Gasteiger partial charge in [-0.2, -0.15) is 0 Å². The van der Waals surface area contributed by atoms with Crippen LogP contribution in [0.1, 0.15) is 12.8 Å². The van der Waals surface area contributed by atoms with Crippen LogP contribution in [0, 0.1) is 0 Å². The van der Waals surface area contributed by atoms with Gasteiger partial charge in [-0.25, -0.2) is 4.98 Å². The van der Waals surface area contributed by atoms with Crippen LogP contribution < -0.4 is 10.6 Å². The summed E-state index contributed by atoms with van der Waals surface area (Å²) in [6, 6.07) is 6.88. The number of halogens is 1. The van der Waals surface area contributed by atoms with Crippen molar-refractivity contribution in [3.05, 3.63) is 34.7 Å². The van der Waals surface area contributed by atoms with Crippen molar-refractivity contribution in [1.29, 1.82) is 0 Å². The van der Waals surface area contributed by atoms with Gasteiger partial charge in [-0.15, -0.1) is 11.3 Å². The number of benzene rings is 1. The maximum atomic E-state index is 12.0. The van der Waals surface area contributed by atoms with Gasteiger partial charge >= 0.3 is 0 Å². The fourth-order valence-corrected chi connectivity index (χ4v) is 2.94. The van der Waals surface area contributed by atoms with Crippen LogP contribution in [0.3, 0.4) is 0 Å². The van der Waals surface area contributed by atoms with E-state index in [2.05, 4.69) is 15.6 Å². The van der Waals surface area contributed by atoms with Gasteiger partial charge in [-0.05, 0) is 18.6 Å². The van der Waals surface area contributed by atoms with Gasteiger partial charge in [0.2, 0.25) is 11.8 Å². The van der Waals surface area contributed by atoms with Gasteiger partial charge in [0, 0.05) is 22.4 Å². The van der Waals surface area contributed by atoms with Gasteiger partial charge in [-0.3, -0.25) is 9.59 Å².